The van der Waals surface area contributed by atoms with Gasteiger partial charge in [-0.25, -0.2) is 0 Å². The molecule has 0 aliphatic carbocycles. The number of thioether (sulfide) groups is 1. The van der Waals surface area contributed by atoms with E-state index < -0.39 is 0 Å². The number of hydrogen-bond acceptors (Lipinski definition) is 2. The van der Waals surface area contributed by atoms with Crippen molar-refractivity contribution in [3.05, 3.63) is 0 Å². The fraction of sp³-hybridized carbons (Fsp3) is 0.833. The van der Waals surface area contributed by atoms with Crippen LogP contribution < -0.4 is 5.32 Å². The van der Waals surface area contributed by atoms with Crippen molar-refractivity contribution >= 4 is 17.7 Å². The summed E-state index contributed by atoms with van der Waals surface area (Å²) in [6.45, 7) is 3.96. The zero-order valence-corrected chi connectivity index (χ0v) is 6.49. The van der Waals surface area contributed by atoms with Crippen LogP contribution >= 0.6 is 11.8 Å². The molecule has 1 fully saturated rings. The number of rotatable bonds is 0. The van der Waals surface area contributed by atoms with Crippen LogP contribution in [0.15, 0.2) is 0 Å². The Bertz CT molecular complexity index is 126. The molecule has 52 valence electrons. The van der Waals surface area contributed by atoms with Gasteiger partial charge in [0.05, 0.1) is 5.25 Å². The molecule has 0 aromatic rings. The molecule has 1 aliphatic rings. The van der Waals surface area contributed by atoms with E-state index >= 15 is 0 Å². The largest absolute Gasteiger partial charge is 0.352 e. The molecule has 1 amide bonds. The van der Waals surface area contributed by atoms with Gasteiger partial charge in [0.15, 0.2) is 0 Å². The highest BCUT2D eigenvalue weighted by atomic mass is 32.2. The van der Waals surface area contributed by atoms with Crippen LogP contribution in [0.4, 0.5) is 0 Å². The molecular formula is C6H11NOS. The van der Waals surface area contributed by atoms with Gasteiger partial charge in [0.2, 0.25) is 5.91 Å². The Hall–Kier alpha value is -0.180. The van der Waals surface area contributed by atoms with E-state index in [-0.39, 0.29) is 11.2 Å². The average Bonchev–Trinajstić information content (AvgIpc) is 1.80. The summed E-state index contributed by atoms with van der Waals surface area (Å²) < 4.78 is 0. The maximum Gasteiger partial charge on any atom is 0.233 e. The van der Waals surface area contributed by atoms with E-state index in [1.165, 1.54) is 0 Å². The van der Waals surface area contributed by atoms with Crippen molar-refractivity contribution in [2.24, 2.45) is 0 Å². The number of amides is 1. The lowest BCUT2D eigenvalue weighted by Gasteiger charge is -2.23. The Morgan fingerprint density at radius 1 is 1.67 bits per heavy atom. The first-order valence-electron chi connectivity index (χ1n) is 3.12. The zero-order chi connectivity index (χ0) is 6.85. The monoisotopic (exact) mass is 145 g/mol. The molecule has 2 nitrogen and oxygen atoms in total. The van der Waals surface area contributed by atoms with E-state index in [1.54, 1.807) is 11.8 Å². The van der Waals surface area contributed by atoms with Crippen LogP contribution in [0, 0.1) is 0 Å². The summed E-state index contributed by atoms with van der Waals surface area (Å²) in [5.74, 6) is 1.23. The van der Waals surface area contributed by atoms with E-state index in [4.69, 9.17) is 0 Å². The van der Waals surface area contributed by atoms with E-state index in [0.717, 1.165) is 5.75 Å². The van der Waals surface area contributed by atoms with Crippen LogP contribution in [0.2, 0.25) is 0 Å². The number of carbonyl (C=O) groups excluding carboxylic acids is 1. The van der Waals surface area contributed by atoms with Crippen LogP contribution in [0.3, 0.4) is 0 Å². The molecule has 0 aromatic carbocycles. The molecule has 1 aliphatic heterocycles. The second-order valence-electron chi connectivity index (χ2n) is 2.39. The molecule has 0 saturated carbocycles. The van der Waals surface area contributed by atoms with Crippen molar-refractivity contribution in [1.29, 1.82) is 0 Å². The lowest BCUT2D eigenvalue weighted by molar-refractivity contribution is -0.121. The summed E-state index contributed by atoms with van der Waals surface area (Å²) in [4.78, 5) is 10.9. The highest BCUT2D eigenvalue weighted by Gasteiger charge is 2.21. The van der Waals surface area contributed by atoms with Gasteiger partial charge in [0.25, 0.3) is 0 Å². The molecule has 2 atom stereocenters. The summed E-state index contributed by atoms with van der Waals surface area (Å²) >= 11 is 1.72. The topological polar surface area (TPSA) is 29.1 Å². The van der Waals surface area contributed by atoms with Gasteiger partial charge >= 0.3 is 0 Å². The van der Waals surface area contributed by atoms with Crippen LogP contribution in [-0.2, 0) is 4.79 Å². The highest BCUT2D eigenvalue weighted by Crippen LogP contribution is 2.16. The van der Waals surface area contributed by atoms with Crippen LogP contribution in [0.5, 0.6) is 0 Å². The quantitative estimate of drug-likeness (QED) is 0.541. The third-order valence-electron chi connectivity index (χ3n) is 1.35. The van der Waals surface area contributed by atoms with Crippen LogP contribution in [0.25, 0.3) is 0 Å². The molecular weight excluding hydrogens is 134 g/mol. The SMILES string of the molecule is CC1CSC(C)C(=O)N1. The Labute approximate surface area is 59.4 Å². The van der Waals surface area contributed by atoms with Gasteiger partial charge in [-0.3, -0.25) is 4.79 Å². The predicted molar refractivity (Wildman–Crippen MR) is 39.5 cm³/mol. The fourth-order valence-electron chi connectivity index (χ4n) is 0.766. The summed E-state index contributed by atoms with van der Waals surface area (Å²) in [6.07, 6.45) is 0. The van der Waals surface area contributed by atoms with Crippen molar-refractivity contribution in [1.82, 2.24) is 5.32 Å². The lowest BCUT2D eigenvalue weighted by atomic mass is 10.3. The normalized spacial score (nSPS) is 36.0. The third-order valence-corrected chi connectivity index (χ3v) is 2.76. The Morgan fingerprint density at radius 2 is 2.33 bits per heavy atom. The summed E-state index contributed by atoms with van der Waals surface area (Å²) in [5.41, 5.74) is 0. The second kappa shape index (κ2) is 2.60. The maximum absolute atomic E-state index is 10.9. The van der Waals surface area contributed by atoms with Crippen LogP contribution in [0.1, 0.15) is 13.8 Å². The van der Waals surface area contributed by atoms with Gasteiger partial charge in [-0.1, -0.05) is 0 Å². The van der Waals surface area contributed by atoms with Gasteiger partial charge in [0.1, 0.15) is 0 Å². The average molecular weight is 145 g/mol. The molecule has 1 N–H and O–H groups in total. The molecule has 0 radical (unpaired) electrons. The Kier molecular flexibility index (Phi) is 2.01. The summed E-state index contributed by atoms with van der Waals surface area (Å²) in [5, 5.41) is 3.02. The smallest absolute Gasteiger partial charge is 0.233 e. The fourth-order valence-corrected chi connectivity index (χ4v) is 1.65. The molecule has 2 unspecified atom stereocenters. The highest BCUT2D eigenvalue weighted by molar-refractivity contribution is 8.00. The third kappa shape index (κ3) is 1.61. The predicted octanol–water partition coefficient (Wildman–Crippen LogP) is 0.626. The molecule has 1 saturated heterocycles. The van der Waals surface area contributed by atoms with Gasteiger partial charge in [-0.15, -0.1) is 11.8 Å². The first-order chi connectivity index (χ1) is 4.20. The molecule has 1 rings (SSSR count). The molecule has 0 aromatic heterocycles. The maximum atomic E-state index is 10.9. The minimum absolute atomic E-state index is 0.154. The second-order valence-corrected chi connectivity index (χ2v) is 3.76. The van der Waals surface area contributed by atoms with E-state index in [1.807, 2.05) is 13.8 Å². The molecule has 0 bridgehead atoms. The minimum atomic E-state index is 0.154. The molecule has 3 heteroatoms. The molecule has 0 spiro atoms. The standard InChI is InChI=1S/C6H11NOS/c1-4-3-9-5(2)6(8)7-4/h4-5H,3H2,1-2H3,(H,7,8). The van der Waals surface area contributed by atoms with Gasteiger partial charge in [-0.05, 0) is 13.8 Å². The van der Waals surface area contributed by atoms with Crippen molar-refractivity contribution in [3.63, 3.8) is 0 Å². The number of hydrogen-bond donors (Lipinski definition) is 1. The molecule has 1 heterocycles. The van der Waals surface area contributed by atoms with E-state index in [2.05, 4.69) is 5.32 Å². The molecule has 9 heavy (non-hydrogen) atoms. The van der Waals surface area contributed by atoms with Crippen molar-refractivity contribution in [3.8, 4) is 0 Å². The van der Waals surface area contributed by atoms with Gasteiger partial charge < -0.3 is 5.32 Å². The number of carbonyl (C=O) groups is 1. The summed E-state index contributed by atoms with van der Waals surface area (Å²) in [7, 11) is 0. The van der Waals surface area contributed by atoms with Gasteiger partial charge in [0, 0.05) is 11.8 Å². The van der Waals surface area contributed by atoms with Crippen molar-refractivity contribution in [2.75, 3.05) is 5.75 Å². The van der Waals surface area contributed by atoms with Crippen molar-refractivity contribution in [2.45, 2.75) is 25.1 Å². The van der Waals surface area contributed by atoms with Gasteiger partial charge in [-0.2, -0.15) is 0 Å². The number of nitrogens with one attached hydrogen (secondary N) is 1. The first kappa shape index (κ1) is 6.93. The van der Waals surface area contributed by atoms with Crippen molar-refractivity contribution < 1.29 is 4.79 Å². The van der Waals surface area contributed by atoms with E-state index in [0.29, 0.717) is 6.04 Å². The van der Waals surface area contributed by atoms with Crippen LogP contribution in [-0.4, -0.2) is 23.0 Å². The lowest BCUT2D eigenvalue weighted by Crippen LogP contribution is -2.43. The minimum Gasteiger partial charge on any atom is -0.352 e. The Balaban J connectivity index is 2.44. The summed E-state index contributed by atoms with van der Waals surface area (Å²) in [6, 6.07) is 0.360. The first-order valence-corrected chi connectivity index (χ1v) is 4.17. The van der Waals surface area contributed by atoms with E-state index in [9.17, 15) is 4.79 Å². The zero-order valence-electron chi connectivity index (χ0n) is 5.68. The Morgan fingerprint density at radius 3 is 2.78 bits per heavy atom.